The molecule has 1 aliphatic heterocycles. The van der Waals surface area contributed by atoms with E-state index in [4.69, 9.17) is 16.3 Å². The van der Waals surface area contributed by atoms with Crippen molar-refractivity contribution in [2.45, 2.75) is 12.6 Å². The summed E-state index contributed by atoms with van der Waals surface area (Å²) >= 11 is 6.02. The van der Waals surface area contributed by atoms with Crippen molar-refractivity contribution < 1.29 is 9.53 Å². The van der Waals surface area contributed by atoms with Crippen LogP contribution >= 0.6 is 11.6 Å². The van der Waals surface area contributed by atoms with E-state index in [0.29, 0.717) is 17.3 Å². The van der Waals surface area contributed by atoms with E-state index >= 15 is 0 Å². The van der Waals surface area contributed by atoms with Gasteiger partial charge in [0.15, 0.2) is 0 Å². The summed E-state index contributed by atoms with van der Waals surface area (Å²) in [6, 6.07) is 29.3. The maximum atomic E-state index is 13.6. The Labute approximate surface area is 174 Å². The van der Waals surface area contributed by atoms with E-state index in [-0.39, 0.29) is 5.91 Å². The lowest BCUT2D eigenvalue weighted by atomic mass is 9.98. The Hall–Kier alpha value is -3.30. The number of nitrogens with zero attached hydrogens (tertiary/aromatic N) is 1. The number of carbonyl (C=O) groups is 1. The van der Waals surface area contributed by atoms with Crippen LogP contribution in [0.25, 0.3) is 10.8 Å². The first kappa shape index (κ1) is 17.8. The standard InChI is InChI=1S/C25H18ClNO2/c26-19-14-12-17(13-15-19)16-27-22-10-3-4-11-23(22)29-24(25(27)28)21-9-5-7-18-6-1-2-8-20(18)21/h1-15,24H,16H2. The van der Waals surface area contributed by atoms with E-state index in [0.717, 1.165) is 27.6 Å². The van der Waals surface area contributed by atoms with E-state index < -0.39 is 6.10 Å². The summed E-state index contributed by atoms with van der Waals surface area (Å²) in [7, 11) is 0. The van der Waals surface area contributed by atoms with Crippen molar-refractivity contribution in [1.29, 1.82) is 0 Å². The van der Waals surface area contributed by atoms with Gasteiger partial charge in [-0.2, -0.15) is 0 Å². The minimum absolute atomic E-state index is 0.0741. The number of ether oxygens (including phenoxy) is 1. The number of anilines is 1. The SMILES string of the molecule is O=C1C(c2cccc3ccccc23)Oc2ccccc2N1Cc1ccc(Cl)cc1. The number of rotatable bonds is 3. The molecule has 4 heteroatoms. The molecule has 142 valence electrons. The Bertz CT molecular complexity index is 1200. The van der Waals surface area contributed by atoms with Crippen LogP contribution in [0.1, 0.15) is 17.2 Å². The lowest BCUT2D eigenvalue weighted by molar-refractivity contribution is -0.126. The number of halogens is 1. The molecule has 0 spiro atoms. The van der Waals surface area contributed by atoms with Crippen LogP contribution in [0.3, 0.4) is 0 Å². The van der Waals surface area contributed by atoms with Crippen molar-refractivity contribution in [3.8, 4) is 5.75 Å². The second-order valence-electron chi connectivity index (χ2n) is 7.08. The molecule has 4 aromatic carbocycles. The minimum Gasteiger partial charge on any atom is -0.474 e. The number of carbonyl (C=O) groups excluding carboxylic acids is 1. The van der Waals surface area contributed by atoms with Gasteiger partial charge in [-0.05, 0) is 40.6 Å². The van der Waals surface area contributed by atoms with Crippen LogP contribution in [-0.2, 0) is 11.3 Å². The van der Waals surface area contributed by atoms with Crippen LogP contribution in [0.4, 0.5) is 5.69 Å². The van der Waals surface area contributed by atoms with Crippen molar-refractivity contribution >= 4 is 34.0 Å². The predicted molar refractivity (Wildman–Crippen MR) is 116 cm³/mol. The molecule has 1 aliphatic rings. The van der Waals surface area contributed by atoms with Crippen LogP contribution < -0.4 is 9.64 Å². The summed E-state index contributed by atoms with van der Waals surface area (Å²) in [5.41, 5.74) is 2.67. The van der Waals surface area contributed by atoms with Crippen LogP contribution in [0.15, 0.2) is 91.0 Å². The zero-order chi connectivity index (χ0) is 19.8. The van der Waals surface area contributed by atoms with Gasteiger partial charge in [0.05, 0.1) is 12.2 Å². The molecule has 0 N–H and O–H groups in total. The molecule has 0 bridgehead atoms. The third kappa shape index (κ3) is 3.24. The van der Waals surface area contributed by atoms with Gasteiger partial charge in [-0.3, -0.25) is 4.79 Å². The summed E-state index contributed by atoms with van der Waals surface area (Å²) < 4.78 is 6.21. The summed E-state index contributed by atoms with van der Waals surface area (Å²) in [6.45, 7) is 0.456. The largest absolute Gasteiger partial charge is 0.474 e. The third-order valence-electron chi connectivity index (χ3n) is 5.25. The number of amides is 1. The zero-order valence-corrected chi connectivity index (χ0v) is 16.3. The first-order valence-corrected chi connectivity index (χ1v) is 9.88. The molecule has 1 heterocycles. The molecule has 0 saturated heterocycles. The van der Waals surface area contributed by atoms with Crippen molar-refractivity contribution in [3.05, 3.63) is 107 Å². The fourth-order valence-corrected chi connectivity index (χ4v) is 3.95. The van der Waals surface area contributed by atoms with Crippen molar-refractivity contribution in [2.75, 3.05) is 4.90 Å². The van der Waals surface area contributed by atoms with Crippen LogP contribution in [-0.4, -0.2) is 5.91 Å². The Kier molecular flexibility index (Phi) is 4.45. The highest BCUT2D eigenvalue weighted by Crippen LogP contribution is 2.41. The van der Waals surface area contributed by atoms with E-state index in [1.807, 2.05) is 91.0 Å². The van der Waals surface area contributed by atoms with Gasteiger partial charge in [0, 0.05) is 10.6 Å². The van der Waals surface area contributed by atoms with Crippen LogP contribution in [0, 0.1) is 0 Å². The van der Waals surface area contributed by atoms with E-state index in [9.17, 15) is 4.79 Å². The maximum Gasteiger partial charge on any atom is 0.273 e. The number of para-hydroxylation sites is 2. The van der Waals surface area contributed by atoms with Gasteiger partial charge in [0.25, 0.3) is 5.91 Å². The lowest BCUT2D eigenvalue weighted by Gasteiger charge is -2.35. The topological polar surface area (TPSA) is 29.5 Å². The smallest absolute Gasteiger partial charge is 0.273 e. The molecule has 0 fully saturated rings. The lowest BCUT2D eigenvalue weighted by Crippen LogP contribution is -2.40. The molecule has 0 aromatic heterocycles. The van der Waals surface area contributed by atoms with Gasteiger partial charge in [0.2, 0.25) is 6.10 Å². The first-order valence-electron chi connectivity index (χ1n) is 9.50. The average Bonchev–Trinajstić information content (AvgIpc) is 2.76. The monoisotopic (exact) mass is 399 g/mol. The Morgan fingerprint density at radius 2 is 1.55 bits per heavy atom. The van der Waals surface area contributed by atoms with Crippen LogP contribution in [0.2, 0.25) is 5.02 Å². The van der Waals surface area contributed by atoms with Gasteiger partial charge < -0.3 is 9.64 Å². The molecule has 4 aromatic rings. The molecule has 1 atom stereocenters. The molecule has 0 aliphatic carbocycles. The van der Waals surface area contributed by atoms with Crippen molar-refractivity contribution in [2.24, 2.45) is 0 Å². The average molecular weight is 400 g/mol. The van der Waals surface area contributed by atoms with Gasteiger partial charge in [-0.1, -0.05) is 78.3 Å². The first-order chi connectivity index (χ1) is 14.2. The highest BCUT2D eigenvalue weighted by Gasteiger charge is 2.36. The molecular weight excluding hydrogens is 382 g/mol. The Balaban J connectivity index is 1.60. The van der Waals surface area contributed by atoms with E-state index in [1.165, 1.54) is 0 Å². The van der Waals surface area contributed by atoms with Gasteiger partial charge in [-0.25, -0.2) is 0 Å². The fourth-order valence-electron chi connectivity index (χ4n) is 3.83. The molecule has 1 unspecified atom stereocenters. The van der Waals surface area contributed by atoms with Gasteiger partial charge in [0.1, 0.15) is 5.75 Å². The van der Waals surface area contributed by atoms with Crippen molar-refractivity contribution in [3.63, 3.8) is 0 Å². The van der Waals surface area contributed by atoms with Gasteiger partial charge in [-0.15, -0.1) is 0 Å². The van der Waals surface area contributed by atoms with Crippen LogP contribution in [0.5, 0.6) is 5.75 Å². The molecule has 0 saturated carbocycles. The second kappa shape index (κ2) is 7.26. The van der Waals surface area contributed by atoms with E-state index in [2.05, 4.69) is 0 Å². The van der Waals surface area contributed by atoms with E-state index in [1.54, 1.807) is 4.90 Å². The summed E-state index contributed by atoms with van der Waals surface area (Å²) in [5.74, 6) is 0.633. The minimum atomic E-state index is -0.691. The Morgan fingerprint density at radius 1 is 0.828 bits per heavy atom. The highest BCUT2D eigenvalue weighted by atomic mass is 35.5. The predicted octanol–water partition coefficient (Wildman–Crippen LogP) is 6.16. The van der Waals surface area contributed by atoms with Gasteiger partial charge >= 0.3 is 0 Å². The molecule has 0 radical (unpaired) electrons. The maximum absolute atomic E-state index is 13.6. The number of hydrogen-bond acceptors (Lipinski definition) is 2. The normalized spacial score (nSPS) is 15.8. The summed E-state index contributed by atoms with van der Waals surface area (Å²) in [5, 5.41) is 2.79. The molecule has 29 heavy (non-hydrogen) atoms. The quantitative estimate of drug-likeness (QED) is 0.413. The second-order valence-corrected chi connectivity index (χ2v) is 7.52. The van der Waals surface area contributed by atoms with Crippen molar-refractivity contribution in [1.82, 2.24) is 0 Å². The number of benzene rings is 4. The zero-order valence-electron chi connectivity index (χ0n) is 15.6. The highest BCUT2D eigenvalue weighted by molar-refractivity contribution is 6.30. The molecular formula is C25H18ClNO2. The molecule has 1 amide bonds. The third-order valence-corrected chi connectivity index (χ3v) is 5.50. The fraction of sp³-hybridized carbons (Fsp3) is 0.0800. The molecule has 5 rings (SSSR count). The summed E-state index contributed by atoms with van der Waals surface area (Å²) in [6.07, 6.45) is -0.691. The Morgan fingerprint density at radius 3 is 2.41 bits per heavy atom. The number of fused-ring (bicyclic) bond motifs is 2. The number of hydrogen-bond donors (Lipinski definition) is 0. The summed E-state index contributed by atoms with van der Waals surface area (Å²) in [4.78, 5) is 15.4. The molecule has 3 nitrogen and oxygen atoms in total.